The number of phenolic OH excluding ortho intramolecular Hbond substituents is 1. The van der Waals surface area contributed by atoms with Gasteiger partial charge >= 0.3 is 0 Å². The fraction of sp³-hybridized carbons (Fsp3) is 0.0800. The predicted octanol–water partition coefficient (Wildman–Crippen LogP) is 4.90. The number of aromatic hydroxyl groups is 1. The van der Waals surface area contributed by atoms with Gasteiger partial charge < -0.3 is 10.4 Å². The normalized spacial score (nSPS) is 11.7. The second-order valence-corrected chi connectivity index (χ2v) is 7.23. The molecular weight excluding hydrogens is 392 g/mol. The van der Waals surface area contributed by atoms with Gasteiger partial charge in [-0.2, -0.15) is 0 Å². The van der Waals surface area contributed by atoms with E-state index in [-0.39, 0.29) is 23.8 Å². The van der Waals surface area contributed by atoms with Crippen LogP contribution in [0.4, 0.5) is 5.69 Å². The summed E-state index contributed by atoms with van der Waals surface area (Å²) in [7, 11) is 0. The van der Waals surface area contributed by atoms with Crippen LogP contribution >= 0.6 is 0 Å². The minimum atomic E-state index is -0.762. The molecule has 31 heavy (non-hydrogen) atoms. The average molecular weight is 412 g/mol. The van der Waals surface area contributed by atoms with Crippen LogP contribution in [-0.4, -0.2) is 15.9 Å². The van der Waals surface area contributed by atoms with Gasteiger partial charge in [-0.25, -0.2) is 0 Å². The third-order valence-electron chi connectivity index (χ3n) is 5.16. The summed E-state index contributed by atoms with van der Waals surface area (Å²) in [5, 5.41) is 26.7. The molecule has 0 aliphatic heterocycles. The zero-order valence-electron chi connectivity index (χ0n) is 16.6. The van der Waals surface area contributed by atoms with E-state index in [4.69, 9.17) is 0 Å². The van der Waals surface area contributed by atoms with Gasteiger partial charge in [-0.15, -0.1) is 0 Å². The van der Waals surface area contributed by atoms with Crippen molar-refractivity contribution in [2.45, 2.75) is 12.5 Å². The van der Waals surface area contributed by atoms with E-state index in [9.17, 15) is 20.0 Å². The number of carbonyl (C=O) groups excluding carboxylic acids is 1. The van der Waals surface area contributed by atoms with Crippen LogP contribution in [0.1, 0.15) is 22.7 Å². The summed E-state index contributed by atoms with van der Waals surface area (Å²) in [6, 6.07) is 25.5. The van der Waals surface area contributed by atoms with E-state index in [1.54, 1.807) is 24.3 Å². The maximum absolute atomic E-state index is 12.9. The second-order valence-electron chi connectivity index (χ2n) is 7.23. The van der Waals surface area contributed by atoms with Crippen molar-refractivity contribution in [3.8, 4) is 5.75 Å². The molecule has 1 amide bonds. The third-order valence-corrected chi connectivity index (χ3v) is 5.16. The number of nitrogens with one attached hydrogen (secondary N) is 1. The van der Waals surface area contributed by atoms with Crippen LogP contribution in [-0.2, 0) is 11.2 Å². The lowest BCUT2D eigenvalue weighted by Gasteiger charge is -2.22. The predicted molar refractivity (Wildman–Crippen MR) is 119 cm³/mol. The van der Waals surface area contributed by atoms with Crippen molar-refractivity contribution in [1.82, 2.24) is 5.32 Å². The summed E-state index contributed by atoms with van der Waals surface area (Å²) in [6.07, 6.45) is 0.151. The smallest absolute Gasteiger partial charge is 0.269 e. The molecule has 0 aliphatic carbocycles. The summed E-state index contributed by atoms with van der Waals surface area (Å²) in [5.74, 6) is -0.245. The van der Waals surface area contributed by atoms with Gasteiger partial charge in [0.15, 0.2) is 0 Å². The summed E-state index contributed by atoms with van der Waals surface area (Å²) >= 11 is 0. The van der Waals surface area contributed by atoms with Crippen molar-refractivity contribution in [3.05, 3.63) is 118 Å². The van der Waals surface area contributed by atoms with Gasteiger partial charge in [0.05, 0.1) is 17.4 Å². The number of fused-ring (bicyclic) bond motifs is 1. The van der Waals surface area contributed by atoms with Gasteiger partial charge in [0.1, 0.15) is 5.75 Å². The molecule has 0 heterocycles. The lowest BCUT2D eigenvalue weighted by Crippen LogP contribution is -2.30. The fourth-order valence-corrected chi connectivity index (χ4v) is 3.72. The van der Waals surface area contributed by atoms with Crippen LogP contribution in [0.5, 0.6) is 5.75 Å². The minimum Gasteiger partial charge on any atom is -0.508 e. The quantitative estimate of drug-likeness (QED) is 0.348. The number of benzene rings is 4. The molecule has 154 valence electrons. The number of phenols is 1. The third kappa shape index (κ3) is 4.38. The number of hydrogen-bond acceptors (Lipinski definition) is 4. The number of rotatable bonds is 6. The molecule has 0 saturated heterocycles. The molecule has 0 aliphatic rings. The molecule has 6 heteroatoms. The molecule has 4 rings (SSSR count). The molecule has 0 bridgehead atoms. The van der Waals surface area contributed by atoms with Crippen molar-refractivity contribution < 1.29 is 14.8 Å². The molecule has 6 nitrogen and oxygen atoms in total. The molecule has 0 radical (unpaired) electrons. The van der Waals surface area contributed by atoms with Crippen molar-refractivity contribution in [3.63, 3.8) is 0 Å². The molecule has 1 atom stereocenters. The van der Waals surface area contributed by atoms with Crippen LogP contribution in [0.3, 0.4) is 0 Å². The molecule has 0 unspecified atom stereocenters. The molecule has 0 spiro atoms. The molecule has 0 saturated carbocycles. The minimum absolute atomic E-state index is 0.00946. The second kappa shape index (κ2) is 8.67. The van der Waals surface area contributed by atoms with E-state index in [0.29, 0.717) is 11.1 Å². The highest BCUT2D eigenvalue weighted by Gasteiger charge is 2.24. The first kappa shape index (κ1) is 20.1. The number of nitro benzene ring substituents is 1. The highest BCUT2D eigenvalue weighted by molar-refractivity contribution is 5.89. The van der Waals surface area contributed by atoms with Crippen LogP contribution in [0.15, 0.2) is 91.0 Å². The Morgan fingerprint density at radius 2 is 1.68 bits per heavy atom. The van der Waals surface area contributed by atoms with Gasteiger partial charge in [-0.1, -0.05) is 72.8 Å². The Morgan fingerprint density at radius 3 is 2.45 bits per heavy atom. The lowest BCUT2D eigenvalue weighted by atomic mass is 9.92. The summed E-state index contributed by atoms with van der Waals surface area (Å²) in [4.78, 5) is 23.8. The average Bonchev–Trinajstić information content (AvgIpc) is 2.78. The maximum Gasteiger partial charge on any atom is 0.269 e. The Morgan fingerprint density at radius 1 is 0.935 bits per heavy atom. The summed E-state index contributed by atoms with van der Waals surface area (Å²) in [5.41, 5.74) is 1.78. The van der Waals surface area contributed by atoms with Gasteiger partial charge in [0.25, 0.3) is 5.69 Å². The van der Waals surface area contributed by atoms with E-state index >= 15 is 0 Å². The Hall–Kier alpha value is -4.19. The Bertz CT molecular complexity index is 1250. The molecule has 0 fully saturated rings. The van der Waals surface area contributed by atoms with Crippen LogP contribution in [0.2, 0.25) is 0 Å². The molecule has 4 aromatic rings. The van der Waals surface area contributed by atoms with E-state index in [1.165, 1.54) is 12.1 Å². The fourth-order valence-electron chi connectivity index (χ4n) is 3.72. The van der Waals surface area contributed by atoms with Crippen molar-refractivity contribution in [1.29, 1.82) is 0 Å². The van der Waals surface area contributed by atoms with E-state index in [2.05, 4.69) is 5.32 Å². The molecule has 0 aromatic heterocycles. The van der Waals surface area contributed by atoms with E-state index in [1.807, 2.05) is 54.6 Å². The highest BCUT2D eigenvalue weighted by Crippen LogP contribution is 2.36. The number of carbonyl (C=O) groups is 1. The summed E-state index contributed by atoms with van der Waals surface area (Å²) in [6.45, 7) is 0. The SMILES string of the molecule is O=C(Cc1ccccc1)N[C@@H](c1cccc([N+](=O)[O-])c1)c1c(O)ccc2ccccc12. The van der Waals surface area contributed by atoms with Crippen molar-refractivity contribution in [2.24, 2.45) is 0 Å². The Kier molecular flexibility index (Phi) is 5.62. The Labute approximate surface area is 178 Å². The first-order valence-corrected chi connectivity index (χ1v) is 9.81. The number of nitrogens with zero attached hydrogens (tertiary/aromatic N) is 1. The first-order valence-electron chi connectivity index (χ1n) is 9.81. The highest BCUT2D eigenvalue weighted by atomic mass is 16.6. The maximum atomic E-state index is 12.9. The lowest BCUT2D eigenvalue weighted by molar-refractivity contribution is -0.384. The number of non-ortho nitro benzene ring substituents is 1. The number of amides is 1. The topological polar surface area (TPSA) is 92.5 Å². The van der Waals surface area contributed by atoms with E-state index < -0.39 is 11.0 Å². The zero-order chi connectivity index (χ0) is 21.8. The Balaban J connectivity index is 1.80. The largest absolute Gasteiger partial charge is 0.508 e. The monoisotopic (exact) mass is 412 g/mol. The zero-order valence-corrected chi connectivity index (χ0v) is 16.6. The van der Waals surface area contributed by atoms with Gasteiger partial charge in [-0.3, -0.25) is 14.9 Å². The standard InChI is InChI=1S/C25H20N2O4/c28-22-14-13-18-9-4-5-12-21(18)24(22)25(19-10-6-11-20(16-19)27(30)31)26-23(29)15-17-7-2-1-3-8-17/h1-14,16,25,28H,15H2,(H,26,29)/t25-/m0/s1. The summed E-state index contributed by atoms with van der Waals surface area (Å²) < 4.78 is 0. The van der Waals surface area contributed by atoms with Crippen molar-refractivity contribution in [2.75, 3.05) is 0 Å². The van der Waals surface area contributed by atoms with Gasteiger partial charge in [0.2, 0.25) is 5.91 Å². The molecule has 4 aromatic carbocycles. The van der Waals surface area contributed by atoms with Crippen LogP contribution < -0.4 is 5.32 Å². The van der Waals surface area contributed by atoms with Gasteiger partial charge in [0, 0.05) is 17.7 Å². The molecular formula is C25H20N2O4. The number of nitro groups is 1. The molecule has 2 N–H and O–H groups in total. The van der Waals surface area contributed by atoms with Crippen LogP contribution in [0, 0.1) is 10.1 Å². The van der Waals surface area contributed by atoms with E-state index in [0.717, 1.165) is 16.3 Å². The first-order chi connectivity index (χ1) is 15.0. The van der Waals surface area contributed by atoms with Crippen LogP contribution in [0.25, 0.3) is 10.8 Å². The van der Waals surface area contributed by atoms with Gasteiger partial charge in [-0.05, 0) is 28.0 Å². The number of hydrogen-bond donors (Lipinski definition) is 2. The van der Waals surface area contributed by atoms with Crippen molar-refractivity contribution >= 4 is 22.4 Å².